The number of oxazole rings is 1. The van der Waals surface area contributed by atoms with E-state index in [1.54, 1.807) is 0 Å². The first-order valence-corrected chi connectivity index (χ1v) is 6.54. The van der Waals surface area contributed by atoms with E-state index in [1.807, 2.05) is 0 Å². The number of hydrogen-bond donors (Lipinski definition) is 1. The molecule has 92 valence electrons. The Morgan fingerprint density at radius 2 is 2.12 bits per heavy atom. The van der Waals surface area contributed by atoms with Gasteiger partial charge in [-0.3, -0.25) is 4.57 Å². The molecule has 1 heterocycles. The number of aromatic nitrogens is 1. The Kier molecular flexibility index (Phi) is 2.80. The van der Waals surface area contributed by atoms with Crippen LogP contribution in [0.3, 0.4) is 0 Å². The second-order valence-corrected chi connectivity index (χ2v) is 5.71. The molecule has 2 rings (SSSR count). The van der Waals surface area contributed by atoms with Gasteiger partial charge in [0.15, 0.2) is 15.4 Å². The highest BCUT2D eigenvalue weighted by molar-refractivity contribution is 7.91. The largest absolute Gasteiger partial charge is 0.419 e. The van der Waals surface area contributed by atoms with Crippen LogP contribution in [-0.4, -0.2) is 30.5 Å². The minimum atomic E-state index is -3.53. The summed E-state index contributed by atoms with van der Waals surface area (Å²) in [5, 5.41) is 8.67. The average Bonchev–Trinajstić information content (AvgIpc) is 2.54. The lowest BCUT2D eigenvalue weighted by atomic mass is 10.3. The number of nitrogens with zero attached hydrogens (tertiary/aromatic N) is 1. The third-order valence-electron chi connectivity index (χ3n) is 2.48. The van der Waals surface area contributed by atoms with Gasteiger partial charge < -0.3 is 9.52 Å². The van der Waals surface area contributed by atoms with Crippen LogP contribution in [0.25, 0.3) is 11.1 Å². The molecular formula is C10H11NO5S. The van der Waals surface area contributed by atoms with Gasteiger partial charge in [0.2, 0.25) is 0 Å². The molecule has 0 fully saturated rings. The zero-order valence-electron chi connectivity index (χ0n) is 9.08. The third kappa shape index (κ3) is 1.98. The molecule has 0 atom stereocenters. The fourth-order valence-electron chi connectivity index (χ4n) is 1.55. The molecule has 0 unspecified atom stereocenters. The molecule has 1 N–H and O–H groups in total. The molecule has 0 aliphatic rings. The first kappa shape index (κ1) is 11.9. The molecule has 0 aliphatic carbocycles. The molecule has 0 aliphatic heterocycles. The van der Waals surface area contributed by atoms with Crippen molar-refractivity contribution in [3.63, 3.8) is 0 Å². The number of aliphatic hydroxyl groups excluding tert-OH is 1. The van der Waals surface area contributed by atoms with Gasteiger partial charge in [-0.05, 0) is 12.1 Å². The van der Waals surface area contributed by atoms with Gasteiger partial charge in [-0.1, -0.05) is 0 Å². The van der Waals surface area contributed by atoms with Crippen LogP contribution in [0.4, 0.5) is 0 Å². The molecule has 17 heavy (non-hydrogen) atoms. The van der Waals surface area contributed by atoms with Gasteiger partial charge in [-0.2, -0.15) is 0 Å². The van der Waals surface area contributed by atoms with E-state index in [0.29, 0.717) is 5.52 Å². The van der Waals surface area contributed by atoms with Crippen LogP contribution in [0.1, 0.15) is 0 Å². The van der Waals surface area contributed by atoms with Crippen LogP contribution < -0.4 is 5.76 Å². The number of hydrogen-bond acceptors (Lipinski definition) is 5. The van der Waals surface area contributed by atoms with Crippen LogP contribution in [0.15, 0.2) is 32.3 Å². The molecule has 6 nitrogen and oxygen atoms in total. The quantitative estimate of drug-likeness (QED) is 0.829. The Morgan fingerprint density at radius 3 is 2.76 bits per heavy atom. The van der Waals surface area contributed by atoms with Gasteiger partial charge in [0, 0.05) is 13.1 Å². The van der Waals surface area contributed by atoms with Crippen LogP contribution in [0, 0.1) is 0 Å². The van der Waals surface area contributed by atoms with Crippen molar-refractivity contribution < 1.29 is 17.9 Å². The Morgan fingerprint density at radius 1 is 1.41 bits per heavy atom. The predicted molar refractivity (Wildman–Crippen MR) is 60.6 cm³/mol. The molecule has 0 saturated heterocycles. The SMILES string of the molecule is Cn1c(=O)oc2cc(S(=O)(=O)CCO)ccc21. The smallest absolute Gasteiger partial charge is 0.408 e. The van der Waals surface area contributed by atoms with Gasteiger partial charge >= 0.3 is 5.76 Å². The van der Waals surface area contributed by atoms with Crippen molar-refractivity contribution >= 4 is 20.9 Å². The molecule has 7 heteroatoms. The maximum Gasteiger partial charge on any atom is 0.419 e. The van der Waals surface area contributed by atoms with E-state index in [-0.39, 0.29) is 16.2 Å². The summed E-state index contributed by atoms with van der Waals surface area (Å²) in [4.78, 5) is 11.3. The highest BCUT2D eigenvalue weighted by atomic mass is 32.2. The summed E-state index contributed by atoms with van der Waals surface area (Å²) in [5.41, 5.74) is 0.745. The van der Waals surface area contributed by atoms with Crippen molar-refractivity contribution in [1.82, 2.24) is 4.57 Å². The highest BCUT2D eigenvalue weighted by Gasteiger charge is 2.16. The summed E-state index contributed by atoms with van der Waals surface area (Å²) < 4.78 is 29.5. The minimum Gasteiger partial charge on any atom is -0.408 e. The minimum absolute atomic E-state index is 0.0356. The van der Waals surface area contributed by atoms with Crippen LogP contribution >= 0.6 is 0 Å². The predicted octanol–water partition coefficient (Wildman–Crippen LogP) is -0.102. The van der Waals surface area contributed by atoms with E-state index in [4.69, 9.17) is 9.52 Å². The number of aliphatic hydroxyl groups is 1. The van der Waals surface area contributed by atoms with Crippen molar-refractivity contribution in [3.8, 4) is 0 Å². The Labute approximate surface area is 97.0 Å². The van der Waals surface area contributed by atoms with Crippen LogP contribution in [0.2, 0.25) is 0 Å². The molecule has 0 saturated carbocycles. The summed E-state index contributed by atoms with van der Waals surface area (Å²) in [6, 6.07) is 4.19. The zero-order valence-corrected chi connectivity index (χ0v) is 9.90. The highest BCUT2D eigenvalue weighted by Crippen LogP contribution is 2.18. The summed E-state index contributed by atoms with van der Waals surface area (Å²) in [5.74, 6) is -0.896. The van der Waals surface area contributed by atoms with Crippen molar-refractivity contribution in [1.29, 1.82) is 0 Å². The van der Waals surface area contributed by atoms with Crippen LogP contribution in [0.5, 0.6) is 0 Å². The molecule has 2 aromatic rings. The number of aryl methyl sites for hydroxylation is 1. The topological polar surface area (TPSA) is 89.5 Å². The van der Waals surface area contributed by atoms with Gasteiger partial charge in [0.1, 0.15) is 0 Å². The zero-order chi connectivity index (χ0) is 12.6. The maximum atomic E-state index is 11.7. The Bertz CT molecular complexity index is 710. The molecular weight excluding hydrogens is 246 g/mol. The van der Waals surface area contributed by atoms with E-state index in [9.17, 15) is 13.2 Å². The van der Waals surface area contributed by atoms with Crippen molar-refractivity contribution in [2.24, 2.45) is 7.05 Å². The molecule has 0 amide bonds. The van der Waals surface area contributed by atoms with Gasteiger partial charge in [-0.15, -0.1) is 0 Å². The number of sulfone groups is 1. The van der Waals surface area contributed by atoms with Crippen molar-refractivity contribution in [3.05, 3.63) is 28.7 Å². The number of fused-ring (bicyclic) bond motifs is 1. The monoisotopic (exact) mass is 257 g/mol. The Hall–Kier alpha value is -1.60. The van der Waals surface area contributed by atoms with Gasteiger partial charge in [0.05, 0.1) is 22.8 Å². The number of rotatable bonds is 3. The summed E-state index contributed by atoms with van der Waals surface area (Å²) in [6.07, 6.45) is 0. The fourth-order valence-corrected chi connectivity index (χ4v) is 2.58. The lowest BCUT2D eigenvalue weighted by Gasteiger charge is -2.01. The number of benzene rings is 1. The molecule has 0 bridgehead atoms. The van der Waals surface area contributed by atoms with E-state index in [0.717, 1.165) is 0 Å². The van der Waals surface area contributed by atoms with Crippen molar-refractivity contribution in [2.45, 2.75) is 4.90 Å². The van der Waals surface area contributed by atoms with Crippen LogP contribution in [-0.2, 0) is 16.9 Å². The first-order chi connectivity index (χ1) is 7.95. The summed E-state index contributed by atoms with van der Waals surface area (Å²) >= 11 is 0. The second kappa shape index (κ2) is 4.01. The van der Waals surface area contributed by atoms with Gasteiger partial charge in [0.25, 0.3) is 0 Å². The normalized spacial score (nSPS) is 12.1. The molecule has 1 aromatic carbocycles. The van der Waals surface area contributed by atoms with Gasteiger partial charge in [-0.25, -0.2) is 13.2 Å². The molecule has 0 spiro atoms. The summed E-state index contributed by atoms with van der Waals surface area (Å²) in [7, 11) is -1.99. The van der Waals surface area contributed by atoms with E-state index in [2.05, 4.69) is 0 Å². The first-order valence-electron chi connectivity index (χ1n) is 4.89. The second-order valence-electron chi connectivity index (χ2n) is 3.60. The summed E-state index contributed by atoms with van der Waals surface area (Å²) in [6.45, 7) is -0.445. The van der Waals surface area contributed by atoms with Crippen molar-refractivity contribution in [2.75, 3.05) is 12.4 Å². The van der Waals surface area contributed by atoms with E-state index >= 15 is 0 Å². The third-order valence-corrected chi connectivity index (χ3v) is 4.18. The Balaban J connectivity index is 2.64. The molecule has 1 aromatic heterocycles. The lowest BCUT2D eigenvalue weighted by Crippen LogP contribution is -2.10. The maximum absolute atomic E-state index is 11.7. The van der Waals surface area contributed by atoms with E-state index < -0.39 is 22.2 Å². The lowest BCUT2D eigenvalue weighted by molar-refractivity contribution is 0.319. The van der Waals surface area contributed by atoms with E-state index in [1.165, 1.54) is 29.8 Å². The fraction of sp³-hybridized carbons (Fsp3) is 0.300. The standard InChI is InChI=1S/C10H11NO5S/c1-11-8-3-2-7(17(14,15)5-4-12)6-9(8)16-10(11)13/h2-3,6,12H,4-5H2,1H3. The molecule has 0 radical (unpaired) electrons. The average molecular weight is 257 g/mol.